The van der Waals surface area contributed by atoms with Crippen LogP contribution in [0.3, 0.4) is 0 Å². The smallest absolute Gasteiger partial charge is 0.130 e. The summed E-state index contributed by atoms with van der Waals surface area (Å²) >= 11 is 0. The fourth-order valence-electron chi connectivity index (χ4n) is 2.39. The molecule has 0 fully saturated rings. The first kappa shape index (κ1) is 17.0. The third kappa shape index (κ3) is 3.95. The maximum Gasteiger partial charge on any atom is 0.130 e. The zero-order chi connectivity index (χ0) is 15.3. The van der Waals surface area contributed by atoms with E-state index in [2.05, 4.69) is 45.0 Å². The quantitative estimate of drug-likeness (QED) is 0.798. The Morgan fingerprint density at radius 2 is 1.85 bits per heavy atom. The highest BCUT2D eigenvalue weighted by molar-refractivity contribution is 5.55. The molecule has 3 heteroatoms. The second kappa shape index (κ2) is 7.63. The highest BCUT2D eigenvalue weighted by Crippen LogP contribution is 2.30. The molecule has 0 bridgehead atoms. The predicted molar refractivity (Wildman–Crippen MR) is 85.8 cm³/mol. The average molecular weight is 280 g/mol. The minimum atomic E-state index is -0.124. The Bertz CT molecular complexity index is 417. The van der Waals surface area contributed by atoms with Gasteiger partial charge < -0.3 is 10.2 Å². The molecule has 2 atom stereocenters. The van der Waals surface area contributed by atoms with Crippen LogP contribution in [0.2, 0.25) is 0 Å². The fraction of sp³-hybridized carbons (Fsp3) is 0.647. The van der Waals surface area contributed by atoms with Crippen molar-refractivity contribution in [2.24, 2.45) is 5.92 Å². The van der Waals surface area contributed by atoms with Crippen LogP contribution in [0.5, 0.6) is 0 Å². The van der Waals surface area contributed by atoms with Crippen LogP contribution in [0.4, 0.5) is 10.1 Å². The summed E-state index contributed by atoms with van der Waals surface area (Å²) in [5.41, 5.74) is 1.76. The first-order chi connectivity index (χ1) is 9.40. The van der Waals surface area contributed by atoms with Gasteiger partial charge in [-0.2, -0.15) is 0 Å². The molecule has 1 N–H and O–H groups in total. The van der Waals surface area contributed by atoms with Crippen LogP contribution < -0.4 is 10.2 Å². The molecule has 1 aromatic rings. The molecule has 0 aliphatic heterocycles. The van der Waals surface area contributed by atoms with Gasteiger partial charge in [-0.1, -0.05) is 26.8 Å². The number of nitrogens with zero attached hydrogens (tertiary/aromatic N) is 1. The number of halogens is 1. The average Bonchev–Trinajstić information content (AvgIpc) is 2.42. The van der Waals surface area contributed by atoms with Gasteiger partial charge in [0, 0.05) is 30.4 Å². The summed E-state index contributed by atoms with van der Waals surface area (Å²) in [6.07, 6.45) is 1.05. The number of hydrogen-bond donors (Lipinski definition) is 1. The Hall–Kier alpha value is -1.09. The van der Waals surface area contributed by atoms with Crippen molar-refractivity contribution in [3.05, 3.63) is 29.6 Å². The van der Waals surface area contributed by atoms with E-state index in [0.29, 0.717) is 12.0 Å². The number of anilines is 1. The van der Waals surface area contributed by atoms with Gasteiger partial charge in [0.05, 0.1) is 0 Å². The Morgan fingerprint density at radius 1 is 1.20 bits per heavy atom. The van der Waals surface area contributed by atoms with Crippen molar-refractivity contribution in [3.8, 4) is 0 Å². The Morgan fingerprint density at radius 3 is 2.40 bits per heavy atom. The summed E-state index contributed by atoms with van der Waals surface area (Å²) in [5, 5.41) is 3.39. The van der Waals surface area contributed by atoms with Gasteiger partial charge in [-0.3, -0.25) is 0 Å². The Balaban J connectivity index is 3.10. The first-order valence-corrected chi connectivity index (χ1v) is 7.64. The molecule has 2 unspecified atom stereocenters. The van der Waals surface area contributed by atoms with E-state index in [9.17, 15) is 4.39 Å². The van der Waals surface area contributed by atoms with Crippen molar-refractivity contribution < 1.29 is 4.39 Å². The molecule has 0 amide bonds. The van der Waals surface area contributed by atoms with Crippen molar-refractivity contribution in [2.75, 3.05) is 18.5 Å². The molecular formula is C17H29FN2. The second-order valence-electron chi connectivity index (χ2n) is 5.94. The lowest BCUT2D eigenvalue weighted by atomic mass is 10.00. The molecule has 0 aliphatic carbocycles. The molecule has 1 rings (SSSR count). The molecule has 0 heterocycles. The van der Waals surface area contributed by atoms with E-state index in [1.165, 1.54) is 0 Å². The van der Waals surface area contributed by atoms with Gasteiger partial charge >= 0.3 is 0 Å². The van der Waals surface area contributed by atoms with Crippen molar-refractivity contribution in [2.45, 2.75) is 53.1 Å². The summed E-state index contributed by atoms with van der Waals surface area (Å²) in [6.45, 7) is 11.6. The minimum Gasteiger partial charge on any atom is -0.371 e. The zero-order valence-corrected chi connectivity index (χ0v) is 13.7. The summed E-state index contributed by atoms with van der Waals surface area (Å²) < 4.78 is 14.3. The van der Waals surface area contributed by atoms with Gasteiger partial charge in [0.15, 0.2) is 0 Å². The molecule has 0 spiro atoms. The first-order valence-electron chi connectivity index (χ1n) is 7.64. The van der Waals surface area contributed by atoms with Crippen LogP contribution in [0.1, 0.15) is 52.6 Å². The van der Waals surface area contributed by atoms with E-state index < -0.39 is 0 Å². The third-order valence-electron chi connectivity index (χ3n) is 4.12. The van der Waals surface area contributed by atoms with Crippen LogP contribution in [-0.4, -0.2) is 19.6 Å². The zero-order valence-electron chi connectivity index (χ0n) is 13.7. The van der Waals surface area contributed by atoms with E-state index in [-0.39, 0.29) is 11.9 Å². The number of hydrogen-bond acceptors (Lipinski definition) is 2. The lowest BCUT2D eigenvalue weighted by Crippen LogP contribution is -2.35. The minimum absolute atomic E-state index is 0.0213. The predicted octanol–water partition coefficient (Wildman–Crippen LogP) is 4.37. The summed E-state index contributed by atoms with van der Waals surface area (Å²) in [6, 6.07) is 5.75. The normalized spacial score (nSPS) is 14.4. The highest BCUT2D eigenvalue weighted by atomic mass is 19.1. The Labute approximate surface area is 123 Å². The van der Waals surface area contributed by atoms with Crippen molar-refractivity contribution in [1.82, 2.24) is 5.32 Å². The van der Waals surface area contributed by atoms with Gasteiger partial charge in [0.25, 0.3) is 0 Å². The highest BCUT2D eigenvalue weighted by Gasteiger charge is 2.21. The maximum atomic E-state index is 14.3. The second-order valence-corrected chi connectivity index (χ2v) is 5.94. The molecule has 114 valence electrons. The SMILES string of the molecule is CCCNC(C)c1c(F)cccc1N(C)C(C)C(C)C. The van der Waals surface area contributed by atoms with Crippen molar-refractivity contribution >= 4 is 5.69 Å². The maximum absolute atomic E-state index is 14.3. The lowest BCUT2D eigenvalue weighted by molar-refractivity contribution is 0.493. The van der Waals surface area contributed by atoms with Crippen LogP contribution in [0, 0.1) is 11.7 Å². The molecule has 0 saturated carbocycles. The van der Waals surface area contributed by atoms with Crippen LogP contribution >= 0.6 is 0 Å². The van der Waals surface area contributed by atoms with Crippen LogP contribution in [-0.2, 0) is 0 Å². The number of rotatable bonds is 7. The standard InChI is InChI=1S/C17H29FN2/c1-7-11-19-13(4)17-15(18)9-8-10-16(17)20(6)14(5)12(2)3/h8-10,12-14,19H,7,11H2,1-6H3. The van der Waals surface area contributed by atoms with Gasteiger partial charge in [-0.05, 0) is 44.9 Å². The molecular weight excluding hydrogens is 251 g/mol. The summed E-state index contributed by atoms with van der Waals surface area (Å²) in [4.78, 5) is 2.19. The molecule has 1 aromatic carbocycles. The van der Waals surface area contributed by atoms with E-state index in [1.807, 2.05) is 13.0 Å². The fourth-order valence-corrected chi connectivity index (χ4v) is 2.39. The van der Waals surface area contributed by atoms with Crippen LogP contribution in [0.25, 0.3) is 0 Å². The van der Waals surface area contributed by atoms with Gasteiger partial charge in [0.1, 0.15) is 5.82 Å². The lowest BCUT2D eigenvalue weighted by Gasteiger charge is -2.33. The monoisotopic (exact) mass is 280 g/mol. The summed E-state index contributed by atoms with van der Waals surface area (Å²) in [5.74, 6) is 0.399. The van der Waals surface area contributed by atoms with Crippen molar-refractivity contribution in [3.63, 3.8) is 0 Å². The molecule has 0 radical (unpaired) electrons. The number of nitrogens with one attached hydrogen (secondary N) is 1. The van der Waals surface area contributed by atoms with E-state index in [1.54, 1.807) is 12.1 Å². The molecule has 0 saturated heterocycles. The molecule has 20 heavy (non-hydrogen) atoms. The van der Waals surface area contributed by atoms with Gasteiger partial charge in [0.2, 0.25) is 0 Å². The topological polar surface area (TPSA) is 15.3 Å². The third-order valence-corrected chi connectivity index (χ3v) is 4.12. The van der Waals surface area contributed by atoms with E-state index in [4.69, 9.17) is 0 Å². The van der Waals surface area contributed by atoms with Crippen molar-refractivity contribution in [1.29, 1.82) is 0 Å². The van der Waals surface area contributed by atoms with Gasteiger partial charge in [-0.25, -0.2) is 4.39 Å². The Kier molecular flexibility index (Phi) is 6.47. The van der Waals surface area contributed by atoms with Crippen LogP contribution in [0.15, 0.2) is 18.2 Å². The molecule has 0 aliphatic rings. The molecule has 2 nitrogen and oxygen atoms in total. The largest absolute Gasteiger partial charge is 0.371 e. The number of benzene rings is 1. The summed E-state index contributed by atoms with van der Waals surface area (Å²) in [7, 11) is 2.05. The van der Waals surface area contributed by atoms with E-state index >= 15 is 0 Å². The van der Waals surface area contributed by atoms with E-state index in [0.717, 1.165) is 24.2 Å². The molecule has 0 aromatic heterocycles. The van der Waals surface area contributed by atoms with Gasteiger partial charge in [-0.15, -0.1) is 0 Å².